The second-order valence-electron chi connectivity index (χ2n) is 3.71. The van der Waals surface area contributed by atoms with E-state index in [1.807, 2.05) is 24.3 Å². The molecular formula is C14H10N4. The Kier molecular flexibility index (Phi) is 3.53. The molecule has 1 aromatic heterocycles. The van der Waals surface area contributed by atoms with Crippen molar-refractivity contribution in [2.75, 3.05) is 5.32 Å². The van der Waals surface area contributed by atoms with Gasteiger partial charge in [-0.25, -0.2) is 4.98 Å². The highest BCUT2D eigenvalue weighted by molar-refractivity contribution is 5.40. The van der Waals surface area contributed by atoms with Crippen LogP contribution in [-0.4, -0.2) is 4.98 Å². The number of rotatable bonds is 3. The van der Waals surface area contributed by atoms with Crippen LogP contribution in [-0.2, 0) is 6.54 Å². The number of anilines is 1. The minimum absolute atomic E-state index is 0.534. The molecule has 0 bridgehead atoms. The van der Waals surface area contributed by atoms with Gasteiger partial charge in [0.1, 0.15) is 11.9 Å². The van der Waals surface area contributed by atoms with Crippen molar-refractivity contribution in [1.29, 1.82) is 10.5 Å². The van der Waals surface area contributed by atoms with Crippen LogP contribution >= 0.6 is 0 Å². The molecule has 2 rings (SSSR count). The lowest BCUT2D eigenvalue weighted by Gasteiger charge is -2.05. The van der Waals surface area contributed by atoms with E-state index in [1.54, 1.807) is 18.2 Å². The number of hydrogen-bond donors (Lipinski definition) is 1. The van der Waals surface area contributed by atoms with Crippen molar-refractivity contribution in [3.63, 3.8) is 0 Å². The monoisotopic (exact) mass is 234 g/mol. The summed E-state index contributed by atoms with van der Waals surface area (Å²) >= 11 is 0. The van der Waals surface area contributed by atoms with Crippen LogP contribution in [0.15, 0.2) is 42.6 Å². The van der Waals surface area contributed by atoms with E-state index < -0.39 is 0 Å². The fourth-order valence-corrected chi connectivity index (χ4v) is 1.51. The van der Waals surface area contributed by atoms with Crippen LogP contribution in [0.4, 0.5) is 5.82 Å². The molecule has 2 aromatic rings. The molecular weight excluding hydrogens is 224 g/mol. The highest BCUT2D eigenvalue weighted by Crippen LogP contribution is 2.08. The molecule has 18 heavy (non-hydrogen) atoms. The SMILES string of the molecule is N#Cc1ccc(NCc2cccc(C#N)c2)nc1. The fraction of sp³-hybridized carbons (Fsp3) is 0.0714. The molecule has 4 heteroatoms. The van der Waals surface area contributed by atoms with E-state index in [2.05, 4.69) is 16.4 Å². The van der Waals surface area contributed by atoms with Gasteiger partial charge in [0.05, 0.1) is 17.2 Å². The standard InChI is InChI=1S/C14H10N4/c15-7-11-2-1-3-12(6-11)9-17-14-5-4-13(8-16)10-18-14/h1-6,10H,9H2,(H,17,18). The number of nitrogens with one attached hydrogen (secondary N) is 1. The molecule has 4 nitrogen and oxygen atoms in total. The van der Waals surface area contributed by atoms with Gasteiger partial charge >= 0.3 is 0 Å². The van der Waals surface area contributed by atoms with Crippen LogP contribution in [0, 0.1) is 22.7 Å². The molecule has 0 aliphatic rings. The third kappa shape index (κ3) is 2.84. The summed E-state index contributed by atoms with van der Waals surface area (Å²) in [6.45, 7) is 0.592. The molecule has 1 aromatic carbocycles. The van der Waals surface area contributed by atoms with Crippen LogP contribution in [0.25, 0.3) is 0 Å². The summed E-state index contributed by atoms with van der Waals surface area (Å²) in [5, 5.41) is 20.6. The van der Waals surface area contributed by atoms with Gasteiger partial charge in [0, 0.05) is 12.7 Å². The minimum Gasteiger partial charge on any atom is -0.366 e. The molecule has 0 amide bonds. The highest BCUT2D eigenvalue weighted by atomic mass is 15.0. The van der Waals surface area contributed by atoms with Crippen molar-refractivity contribution in [2.24, 2.45) is 0 Å². The first-order chi connectivity index (χ1) is 8.81. The van der Waals surface area contributed by atoms with Gasteiger partial charge in [-0.15, -0.1) is 0 Å². The molecule has 0 fully saturated rings. The molecule has 1 N–H and O–H groups in total. The molecule has 0 radical (unpaired) electrons. The Balaban J connectivity index is 2.02. The Morgan fingerprint density at radius 1 is 1.06 bits per heavy atom. The molecule has 86 valence electrons. The van der Waals surface area contributed by atoms with Crippen molar-refractivity contribution in [1.82, 2.24) is 4.98 Å². The lowest BCUT2D eigenvalue weighted by molar-refractivity contribution is 1.11. The first-order valence-electron chi connectivity index (χ1n) is 5.41. The van der Waals surface area contributed by atoms with Crippen LogP contribution < -0.4 is 5.32 Å². The summed E-state index contributed by atoms with van der Waals surface area (Å²) < 4.78 is 0. The maximum Gasteiger partial charge on any atom is 0.126 e. The van der Waals surface area contributed by atoms with E-state index in [0.29, 0.717) is 23.5 Å². The van der Waals surface area contributed by atoms with E-state index in [0.717, 1.165) is 5.56 Å². The van der Waals surface area contributed by atoms with Crippen LogP contribution in [0.5, 0.6) is 0 Å². The molecule has 0 aliphatic carbocycles. The Hall–Kier alpha value is -2.85. The molecule has 0 atom stereocenters. The second kappa shape index (κ2) is 5.47. The van der Waals surface area contributed by atoms with E-state index in [9.17, 15) is 0 Å². The molecule has 0 unspecified atom stereocenters. The number of benzene rings is 1. The first-order valence-corrected chi connectivity index (χ1v) is 5.41. The topological polar surface area (TPSA) is 72.5 Å². The maximum atomic E-state index is 8.79. The molecule has 0 saturated carbocycles. The quantitative estimate of drug-likeness (QED) is 0.885. The van der Waals surface area contributed by atoms with E-state index in [1.165, 1.54) is 6.20 Å². The number of aromatic nitrogens is 1. The zero-order chi connectivity index (χ0) is 12.8. The summed E-state index contributed by atoms with van der Waals surface area (Å²) in [5.41, 5.74) is 2.19. The minimum atomic E-state index is 0.534. The number of nitriles is 2. The van der Waals surface area contributed by atoms with Crippen molar-refractivity contribution in [3.8, 4) is 12.1 Å². The Morgan fingerprint density at radius 3 is 2.56 bits per heavy atom. The smallest absolute Gasteiger partial charge is 0.126 e. The predicted molar refractivity (Wildman–Crippen MR) is 67.4 cm³/mol. The fourth-order valence-electron chi connectivity index (χ4n) is 1.51. The number of nitrogens with zero attached hydrogens (tertiary/aromatic N) is 3. The average Bonchev–Trinajstić information content (AvgIpc) is 2.46. The summed E-state index contributed by atoms with van der Waals surface area (Å²) in [6, 6.07) is 15.0. The number of hydrogen-bond acceptors (Lipinski definition) is 4. The van der Waals surface area contributed by atoms with Crippen molar-refractivity contribution in [3.05, 3.63) is 59.3 Å². The van der Waals surface area contributed by atoms with Crippen molar-refractivity contribution >= 4 is 5.82 Å². The van der Waals surface area contributed by atoms with E-state index >= 15 is 0 Å². The highest BCUT2D eigenvalue weighted by Gasteiger charge is 1.97. The van der Waals surface area contributed by atoms with Gasteiger partial charge in [-0.05, 0) is 29.8 Å². The zero-order valence-corrected chi connectivity index (χ0v) is 9.59. The van der Waals surface area contributed by atoms with Gasteiger partial charge in [-0.1, -0.05) is 12.1 Å². The van der Waals surface area contributed by atoms with Crippen LogP contribution in [0.3, 0.4) is 0 Å². The zero-order valence-electron chi connectivity index (χ0n) is 9.59. The van der Waals surface area contributed by atoms with Crippen molar-refractivity contribution < 1.29 is 0 Å². The lowest BCUT2D eigenvalue weighted by Crippen LogP contribution is -2.01. The van der Waals surface area contributed by atoms with Gasteiger partial charge in [-0.2, -0.15) is 10.5 Å². The van der Waals surface area contributed by atoms with E-state index in [4.69, 9.17) is 10.5 Å². The van der Waals surface area contributed by atoms with Gasteiger partial charge in [0.25, 0.3) is 0 Å². The van der Waals surface area contributed by atoms with Crippen LogP contribution in [0.1, 0.15) is 16.7 Å². The first kappa shape index (κ1) is 11.6. The lowest BCUT2D eigenvalue weighted by atomic mass is 10.1. The van der Waals surface area contributed by atoms with Crippen molar-refractivity contribution in [2.45, 2.75) is 6.54 Å². The van der Waals surface area contributed by atoms with Crippen LogP contribution in [0.2, 0.25) is 0 Å². The summed E-state index contributed by atoms with van der Waals surface area (Å²) in [4.78, 5) is 4.11. The van der Waals surface area contributed by atoms with Gasteiger partial charge in [0.2, 0.25) is 0 Å². The second-order valence-corrected chi connectivity index (χ2v) is 3.71. The van der Waals surface area contributed by atoms with E-state index in [-0.39, 0.29) is 0 Å². The average molecular weight is 234 g/mol. The maximum absolute atomic E-state index is 8.79. The van der Waals surface area contributed by atoms with Gasteiger partial charge in [-0.3, -0.25) is 0 Å². The van der Waals surface area contributed by atoms with Gasteiger partial charge in [0.15, 0.2) is 0 Å². The predicted octanol–water partition coefficient (Wildman–Crippen LogP) is 2.44. The summed E-state index contributed by atoms with van der Waals surface area (Å²) in [6.07, 6.45) is 1.52. The third-order valence-electron chi connectivity index (χ3n) is 2.42. The normalized spacial score (nSPS) is 9.22. The Labute approximate surface area is 105 Å². The molecule has 1 heterocycles. The Bertz CT molecular complexity index is 617. The van der Waals surface area contributed by atoms with Gasteiger partial charge < -0.3 is 5.32 Å². The number of pyridine rings is 1. The molecule has 0 aliphatic heterocycles. The summed E-state index contributed by atoms with van der Waals surface area (Å²) in [7, 11) is 0. The Morgan fingerprint density at radius 2 is 1.89 bits per heavy atom. The largest absolute Gasteiger partial charge is 0.366 e. The molecule has 0 spiro atoms. The molecule has 0 saturated heterocycles. The summed E-state index contributed by atoms with van der Waals surface area (Å²) in [5.74, 6) is 0.705. The third-order valence-corrected chi connectivity index (χ3v) is 2.42.